The molecule has 2 rings (SSSR count). The van der Waals surface area contributed by atoms with Crippen molar-refractivity contribution in [3.8, 4) is 0 Å². The van der Waals surface area contributed by atoms with Gasteiger partial charge < -0.3 is 10.2 Å². The summed E-state index contributed by atoms with van der Waals surface area (Å²) in [6, 6.07) is 0.781. The van der Waals surface area contributed by atoms with Crippen LogP contribution >= 0.6 is 0 Å². The van der Waals surface area contributed by atoms with Gasteiger partial charge in [0, 0.05) is 19.1 Å². The topological polar surface area (TPSA) is 15.3 Å². The summed E-state index contributed by atoms with van der Waals surface area (Å²) in [6.45, 7) is 6.15. The van der Waals surface area contributed by atoms with E-state index in [1.807, 2.05) is 0 Å². The van der Waals surface area contributed by atoms with E-state index in [0.717, 1.165) is 17.9 Å². The SMILES string of the molecule is CCCNC1CCCCCC1CN(C)CC1CCCC1. The Hall–Kier alpha value is -0.0800. The lowest BCUT2D eigenvalue weighted by molar-refractivity contribution is 0.201. The average molecular weight is 280 g/mol. The van der Waals surface area contributed by atoms with Gasteiger partial charge in [-0.05, 0) is 57.5 Å². The van der Waals surface area contributed by atoms with Crippen molar-refractivity contribution >= 4 is 0 Å². The second-order valence-corrected chi connectivity index (χ2v) is 7.33. The Kier molecular flexibility index (Phi) is 7.37. The van der Waals surface area contributed by atoms with Gasteiger partial charge in [0.25, 0.3) is 0 Å². The summed E-state index contributed by atoms with van der Waals surface area (Å²) in [6.07, 6.45) is 14.4. The van der Waals surface area contributed by atoms with Crippen LogP contribution in [0.5, 0.6) is 0 Å². The van der Waals surface area contributed by atoms with Crippen LogP contribution in [0, 0.1) is 11.8 Å². The monoisotopic (exact) mass is 280 g/mol. The fraction of sp³-hybridized carbons (Fsp3) is 1.00. The first-order valence-corrected chi connectivity index (χ1v) is 9.21. The minimum Gasteiger partial charge on any atom is -0.314 e. The van der Waals surface area contributed by atoms with Gasteiger partial charge >= 0.3 is 0 Å². The Morgan fingerprint density at radius 3 is 2.35 bits per heavy atom. The van der Waals surface area contributed by atoms with Crippen molar-refractivity contribution in [1.82, 2.24) is 10.2 Å². The zero-order valence-corrected chi connectivity index (χ0v) is 13.9. The minimum atomic E-state index is 0.781. The Balaban J connectivity index is 1.79. The molecule has 0 spiro atoms. The van der Waals surface area contributed by atoms with E-state index in [4.69, 9.17) is 0 Å². The minimum absolute atomic E-state index is 0.781. The molecule has 0 amide bonds. The highest BCUT2D eigenvalue weighted by atomic mass is 15.1. The maximum Gasteiger partial charge on any atom is 0.0107 e. The molecule has 0 aromatic carbocycles. The second-order valence-electron chi connectivity index (χ2n) is 7.33. The predicted octanol–water partition coefficient (Wildman–Crippen LogP) is 4.06. The highest BCUT2D eigenvalue weighted by Crippen LogP contribution is 2.27. The summed E-state index contributed by atoms with van der Waals surface area (Å²) in [4.78, 5) is 2.65. The predicted molar refractivity (Wildman–Crippen MR) is 88.1 cm³/mol. The van der Waals surface area contributed by atoms with Crippen LogP contribution in [-0.2, 0) is 0 Å². The average Bonchev–Trinajstić information content (AvgIpc) is 2.84. The standard InChI is InChI=1S/C18H36N2/c1-3-13-19-18-12-6-4-5-11-17(18)15-20(2)14-16-9-7-8-10-16/h16-19H,3-15H2,1-2H3. The van der Waals surface area contributed by atoms with Crippen LogP contribution in [0.3, 0.4) is 0 Å². The van der Waals surface area contributed by atoms with Crippen molar-refractivity contribution in [3.63, 3.8) is 0 Å². The van der Waals surface area contributed by atoms with E-state index in [0.29, 0.717) is 0 Å². The van der Waals surface area contributed by atoms with Crippen molar-refractivity contribution in [2.24, 2.45) is 11.8 Å². The maximum absolute atomic E-state index is 3.83. The van der Waals surface area contributed by atoms with E-state index in [1.165, 1.54) is 83.8 Å². The Morgan fingerprint density at radius 1 is 0.900 bits per heavy atom. The highest BCUT2D eigenvalue weighted by Gasteiger charge is 2.25. The molecular weight excluding hydrogens is 244 g/mol. The molecule has 2 heteroatoms. The molecule has 118 valence electrons. The smallest absolute Gasteiger partial charge is 0.0107 e. The summed E-state index contributed by atoms with van der Waals surface area (Å²) in [5.41, 5.74) is 0. The summed E-state index contributed by atoms with van der Waals surface area (Å²) in [5.74, 6) is 1.88. The molecule has 0 aliphatic heterocycles. The molecule has 2 nitrogen and oxygen atoms in total. The van der Waals surface area contributed by atoms with Gasteiger partial charge in [0.05, 0.1) is 0 Å². The molecule has 0 aromatic heterocycles. The van der Waals surface area contributed by atoms with Gasteiger partial charge in [-0.3, -0.25) is 0 Å². The van der Waals surface area contributed by atoms with Gasteiger partial charge in [-0.1, -0.05) is 39.0 Å². The van der Waals surface area contributed by atoms with Gasteiger partial charge in [0.15, 0.2) is 0 Å². The Bertz CT molecular complexity index is 248. The van der Waals surface area contributed by atoms with Gasteiger partial charge in [0.2, 0.25) is 0 Å². The summed E-state index contributed by atoms with van der Waals surface area (Å²) >= 11 is 0. The van der Waals surface area contributed by atoms with E-state index >= 15 is 0 Å². The van der Waals surface area contributed by atoms with E-state index in [-0.39, 0.29) is 0 Å². The first-order valence-electron chi connectivity index (χ1n) is 9.21. The quantitative estimate of drug-likeness (QED) is 0.708. The van der Waals surface area contributed by atoms with Crippen LogP contribution in [0.2, 0.25) is 0 Å². The van der Waals surface area contributed by atoms with Crippen LogP contribution in [0.1, 0.15) is 71.1 Å². The Labute approximate surface area is 126 Å². The molecule has 1 N–H and O–H groups in total. The van der Waals surface area contributed by atoms with E-state index in [2.05, 4.69) is 24.2 Å². The summed E-state index contributed by atoms with van der Waals surface area (Å²) < 4.78 is 0. The van der Waals surface area contributed by atoms with Crippen molar-refractivity contribution < 1.29 is 0 Å². The van der Waals surface area contributed by atoms with Crippen LogP contribution in [-0.4, -0.2) is 37.6 Å². The summed E-state index contributed by atoms with van der Waals surface area (Å²) in [7, 11) is 2.36. The van der Waals surface area contributed by atoms with E-state index in [1.54, 1.807) is 0 Å². The molecule has 0 bridgehead atoms. The van der Waals surface area contributed by atoms with Crippen LogP contribution < -0.4 is 5.32 Å². The third kappa shape index (κ3) is 5.37. The molecule has 2 aliphatic rings. The fourth-order valence-electron chi connectivity index (χ4n) is 4.31. The molecule has 2 aliphatic carbocycles. The Morgan fingerprint density at radius 2 is 1.60 bits per heavy atom. The van der Waals surface area contributed by atoms with E-state index in [9.17, 15) is 0 Å². The first kappa shape index (κ1) is 16.3. The van der Waals surface area contributed by atoms with Crippen molar-refractivity contribution in [3.05, 3.63) is 0 Å². The van der Waals surface area contributed by atoms with Crippen LogP contribution in [0.4, 0.5) is 0 Å². The largest absolute Gasteiger partial charge is 0.314 e. The lowest BCUT2D eigenvalue weighted by Crippen LogP contribution is -2.42. The number of hydrogen-bond donors (Lipinski definition) is 1. The third-order valence-electron chi connectivity index (χ3n) is 5.41. The molecule has 2 atom stereocenters. The molecule has 0 radical (unpaired) electrons. The van der Waals surface area contributed by atoms with Crippen molar-refractivity contribution in [2.75, 3.05) is 26.7 Å². The van der Waals surface area contributed by atoms with Crippen molar-refractivity contribution in [1.29, 1.82) is 0 Å². The molecular formula is C18H36N2. The molecule has 2 unspecified atom stereocenters. The zero-order valence-electron chi connectivity index (χ0n) is 13.9. The molecule has 0 aromatic rings. The molecule has 2 fully saturated rings. The van der Waals surface area contributed by atoms with Crippen LogP contribution in [0.25, 0.3) is 0 Å². The summed E-state index contributed by atoms with van der Waals surface area (Å²) in [5, 5.41) is 3.83. The van der Waals surface area contributed by atoms with Crippen molar-refractivity contribution in [2.45, 2.75) is 77.2 Å². The zero-order chi connectivity index (χ0) is 14.2. The number of hydrogen-bond acceptors (Lipinski definition) is 2. The second kappa shape index (κ2) is 9.04. The molecule has 0 heterocycles. The maximum atomic E-state index is 3.83. The first-order chi connectivity index (χ1) is 9.79. The normalized spacial score (nSPS) is 28.9. The van der Waals surface area contributed by atoms with Gasteiger partial charge in [-0.25, -0.2) is 0 Å². The molecule has 2 saturated carbocycles. The van der Waals surface area contributed by atoms with E-state index < -0.39 is 0 Å². The number of nitrogens with one attached hydrogen (secondary N) is 1. The number of rotatable bonds is 7. The van der Waals surface area contributed by atoms with Crippen LogP contribution in [0.15, 0.2) is 0 Å². The lowest BCUT2D eigenvalue weighted by atomic mass is 9.93. The number of nitrogens with zero attached hydrogens (tertiary/aromatic N) is 1. The fourth-order valence-corrected chi connectivity index (χ4v) is 4.31. The third-order valence-corrected chi connectivity index (χ3v) is 5.41. The highest BCUT2D eigenvalue weighted by molar-refractivity contribution is 4.82. The molecule has 0 saturated heterocycles. The van der Waals surface area contributed by atoms with Gasteiger partial charge in [0.1, 0.15) is 0 Å². The molecule has 20 heavy (non-hydrogen) atoms. The lowest BCUT2D eigenvalue weighted by Gasteiger charge is -2.31. The van der Waals surface area contributed by atoms with Gasteiger partial charge in [-0.15, -0.1) is 0 Å². The van der Waals surface area contributed by atoms with Gasteiger partial charge in [-0.2, -0.15) is 0 Å².